The molecule has 1 saturated heterocycles. The van der Waals surface area contributed by atoms with Crippen LogP contribution in [-0.4, -0.2) is 32.2 Å². The van der Waals surface area contributed by atoms with Crippen molar-refractivity contribution in [1.29, 1.82) is 0 Å². The van der Waals surface area contributed by atoms with Crippen molar-refractivity contribution in [1.82, 2.24) is 0 Å². The zero-order chi connectivity index (χ0) is 18.9. The molecule has 0 amide bonds. The molecule has 1 unspecified atom stereocenters. The summed E-state index contributed by atoms with van der Waals surface area (Å²) in [4.78, 5) is 11.7. The second-order valence-corrected chi connectivity index (χ2v) is 7.97. The summed E-state index contributed by atoms with van der Waals surface area (Å²) in [6, 6.07) is 12.7. The van der Waals surface area contributed by atoms with Crippen LogP contribution in [0.3, 0.4) is 0 Å². The highest BCUT2D eigenvalue weighted by molar-refractivity contribution is 7.91. The van der Waals surface area contributed by atoms with E-state index in [1.165, 1.54) is 6.07 Å². The van der Waals surface area contributed by atoms with Gasteiger partial charge in [0.05, 0.1) is 9.82 Å². The third-order valence-electron chi connectivity index (χ3n) is 4.51. The summed E-state index contributed by atoms with van der Waals surface area (Å²) in [5.41, 5.74) is 0.872. The van der Waals surface area contributed by atoms with Crippen molar-refractivity contribution in [3.05, 3.63) is 64.2 Å². The van der Waals surface area contributed by atoms with E-state index in [0.29, 0.717) is 19.2 Å². The van der Waals surface area contributed by atoms with Crippen molar-refractivity contribution in [2.24, 2.45) is 0 Å². The summed E-state index contributed by atoms with van der Waals surface area (Å²) in [5, 5.41) is 11.4. The number of hydrogen-bond acceptors (Lipinski definition) is 5. The molecule has 1 aliphatic rings. The zero-order valence-electron chi connectivity index (χ0n) is 13.6. The van der Waals surface area contributed by atoms with E-state index in [2.05, 4.69) is 0 Å². The highest BCUT2D eigenvalue weighted by Crippen LogP contribution is 2.37. The molecule has 9 heteroatoms. The minimum absolute atomic E-state index is 0.195. The van der Waals surface area contributed by atoms with Crippen LogP contribution in [0.1, 0.15) is 17.9 Å². The lowest BCUT2D eigenvalue weighted by Gasteiger charge is -2.19. The predicted octanol–water partition coefficient (Wildman–Crippen LogP) is 3.59. The Morgan fingerprint density at radius 1 is 1.15 bits per heavy atom. The molecule has 0 N–H and O–H groups in total. The average molecular weight is 382 g/mol. The Labute approximate surface area is 149 Å². The molecule has 0 aromatic heterocycles. The van der Waals surface area contributed by atoms with E-state index in [-0.39, 0.29) is 11.6 Å². The van der Waals surface area contributed by atoms with Gasteiger partial charge in [-0.25, -0.2) is 8.42 Å². The van der Waals surface area contributed by atoms with E-state index in [1.54, 1.807) is 4.90 Å². The highest BCUT2D eigenvalue weighted by atomic mass is 32.2. The van der Waals surface area contributed by atoms with Gasteiger partial charge in [-0.3, -0.25) is 10.1 Å². The molecule has 1 fully saturated rings. The number of rotatable bonds is 5. The van der Waals surface area contributed by atoms with Crippen LogP contribution in [0.15, 0.2) is 53.4 Å². The zero-order valence-corrected chi connectivity index (χ0v) is 14.4. The first kappa shape index (κ1) is 18.2. The Balaban J connectivity index is 1.92. The van der Waals surface area contributed by atoms with Crippen LogP contribution in [0.2, 0.25) is 0 Å². The Morgan fingerprint density at radius 2 is 1.85 bits per heavy atom. The SMILES string of the molecule is O=[N+]([O-])c1cc(S(=O)(=O)C(F)F)ccc1N1CCC(c2ccccc2)C1. The van der Waals surface area contributed by atoms with Gasteiger partial charge in [0.15, 0.2) is 0 Å². The molecule has 3 rings (SSSR count). The molecular weight excluding hydrogens is 366 g/mol. The quantitative estimate of drug-likeness (QED) is 0.583. The van der Waals surface area contributed by atoms with Crippen LogP contribution in [0.4, 0.5) is 20.2 Å². The number of alkyl halides is 2. The van der Waals surface area contributed by atoms with Crippen molar-refractivity contribution in [2.75, 3.05) is 18.0 Å². The largest absolute Gasteiger partial charge is 0.365 e. The third-order valence-corrected chi connectivity index (χ3v) is 5.89. The van der Waals surface area contributed by atoms with Gasteiger partial charge in [-0.05, 0) is 24.1 Å². The van der Waals surface area contributed by atoms with Crippen LogP contribution in [0, 0.1) is 10.1 Å². The topological polar surface area (TPSA) is 80.5 Å². The lowest BCUT2D eigenvalue weighted by molar-refractivity contribution is -0.384. The molecule has 2 aromatic carbocycles. The number of nitro groups is 1. The standard InChI is InChI=1S/C17H16F2N2O4S/c18-17(19)26(24,25)14-6-7-15(16(10-14)21(22)23)20-9-8-13(11-20)12-4-2-1-3-5-12/h1-7,10,13,17H,8-9,11H2. The Hall–Kier alpha value is -2.55. The predicted molar refractivity (Wildman–Crippen MR) is 92.3 cm³/mol. The van der Waals surface area contributed by atoms with Gasteiger partial charge >= 0.3 is 5.76 Å². The van der Waals surface area contributed by atoms with Gasteiger partial charge in [-0.15, -0.1) is 0 Å². The van der Waals surface area contributed by atoms with Crippen LogP contribution in [0.5, 0.6) is 0 Å². The van der Waals surface area contributed by atoms with Crippen LogP contribution < -0.4 is 4.90 Å². The van der Waals surface area contributed by atoms with E-state index >= 15 is 0 Å². The smallest absolute Gasteiger partial charge is 0.341 e. The van der Waals surface area contributed by atoms with Crippen molar-refractivity contribution < 1.29 is 22.1 Å². The maximum Gasteiger partial charge on any atom is 0.341 e. The maximum atomic E-state index is 12.7. The first-order valence-electron chi connectivity index (χ1n) is 7.91. The molecule has 0 radical (unpaired) electrons. The molecule has 1 aliphatic heterocycles. The molecule has 1 atom stereocenters. The summed E-state index contributed by atoms with van der Waals surface area (Å²) < 4.78 is 48.6. The Bertz CT molecular complexity index is 920. The number of anilines is 1. The van der Waals surface area contributed by atoms with E-state index in [9.17, 15) is 27.3 Å². The Morgan fingerprint density at radius 3 is 2.46 bits per heavy atom. The summed E-state index contributed by atoms with van der Waals surface area (Å²) in [5.74, 6) is -3.43. The maximum absolute atomic E-state index is 12.7. The summed E-state index contributed by atoms with van der Waals surface area (Å²) >= 11 is 0. The summed E-state index contributed by atoms with van der Waals surface area (Å²) in [7, 11) is -4.88. The number of benzene rings is 2. The van der Waals surface area contributed by atoms with E-state index < -0.39 is 31.1 Å². The van der Waals surface area contributed by atoms with E-state index in [1.807, 2.05) is 30.3 Å². The molecule has 26 heavy (non-hydrogen) atoms. The van der Waals surface area contributed by atoms with Gasteiger partial charge in [0, 0.05) is 25.1 Å². The number of hydrogen-bond donors (Lipinski definition) is 0. The van der Waals surface area contributed by atoms with Gasteiger partial charge in [0.2, 0.25) is 9.84 Å². The number of sulfone groups is 1. The molecule has 0 saturated carbocycles. The van der Waals surface area contributed by atoms with Crippen LogP contribution in [-0.2, 0) is 9.84 Å². The molecule has 0 bridgehead atoms. The second-order valence-electron chi connectivity index (χ2n) is 6.06. The fourth-order valence-electron chi connectivity index (χ4n) is 3.17. The summed E-state index contributed by atoms with van der Waals surface area (Å²) in [6.07, 6.45) is 0.790. The first-order valence-corrected chi connectivity index (χ1v) is 9.45. The average Bonchev–Trinajstić information content (AvgIpc) is 3.11. The van der Waals surface area contributed by atoms with Gasteiger partial charge in [-0.1, -0.05) is 30.3 Å². The third kappa shape index (κ3) is 3.39. The molecule has 0 spiro atoms. The molecule has 138 valence electrons. The fourth-order valence-corrected chi connectivity index (χ4v) is 3.91. The minimum Gasteiger partial charge on any atom is -0.365 e. The summed E-state index contributed by atoms with van der Waals surface area (Å²) in [6.45, 7) is 1.09. The van der Waals surface area contributed by atoms with Gasteiger partial charge in [0.1, 0.15) is 5.69 Å². The van der Waals surface area contributed by atoms with Crippen molar-refractivity contribution >= 4 is 21.2 Å². The first-order chi connectivity index (χ1) is 12.3. The van der Waals surface area contributed by atoms with Crippen LogP contribution in [0.25, 0.3) is 0 Å². The highest BCUT2D eigenvalue weighted by Gasteiger charge is 2.32. The van der Waals surface area contributed by atoms with Crippen molar-refractivity contribution in [3.8, 4) is 0 Å². The normalized spacial score (nSPS) is 17.7. The number of nitrogens with zero attached hydrogens (tertiary/aromatic N) is 2. The van der Waals surface area contributed by atoms with Crippen molar-refractivity contribution in [3.63, 3.8) is 0 Å². The Kier molecular flexibility index (Phi) is 4.90. The van der Waals surface area contributed by atoms with E-state index in [4.69, 9.17) is 0 Å². The number of nitro benzene ring substituents is 1. The van der Waals surface area contributed by atoms with E-state index in [0.717, 1.165) is 18.1 Å². The van der Waals surface area contributed by atoms with Gasteiger partial charge in [0.25, 0.3) is 5.69 Å². The lowest BCUT2D eigenvalue weighted by Crippen LogP contribution is -2.21. The fraction of sp³-hybridized carbons (Fsp3) is 0.294. The van der Waals surface area contributed by atoms with Gasteiger partial charge < -0.3 is 4.90 Å². The lowest BCUT2D eigenvalue weighted by atomic mass is 9.99. The monoisotopic (exact) mass is 382 g/mol. The number of halogens is 2. The molecular formula is C17H16F2N2O4S. The second kappa shape index (κ2) is 6.99. The van der Waals surface area contributed by atoms with Gasteiger partial charge in [-0.2, -0.15) is 8.78 Å². The molecule has 2 aromatic rings. The van der Waals surface area contributed by atoms with Crippen LogP contribution >= 0.6 is 0 Å². The molecule has 6 nitrogen and oxygen atoms in total. The molecule has 0 aliphatic carbocycles. The molecule has 1 heterocycles. The van der Waals surface area contributed by atoms with Crippen molar-refractivity contribution in [2.45, 2.75) is 23.0 Å². The minimum atomic E-state index is -4.88.